The van der Waals surface area contributed by atoms with Crippen molar-refractivity contribution in [1.82, 2.24) is 5.32 Å². The first-order valence-corrected chi connectivity index (χ1v) is 9.48. The summed E-state index contributed by atoms with van der Waals surface area (Å²) < 4.78 is 43.3. The average molecular weight is 389 g/mol. The van der Waals surface area contributed by atoms with Crippen molar-refractivity contribution in [3.05, 3.63) is 65.2 Å². The van der Waals surface area contributed by atoms with Crippen molar-refractivity contribution in [3.8, 4) is 5.75 Å². The fraction of sp³-hybridized carbons (Fsp3) is 0.409. The van der Waals surface area contributed by atoms with Crippen LogP contribution in [0.4, 0.5) is 13.2 Å². The van der Waals surface area contributed by atoms with Crippen molar-refractivity contribution in [3.63, 3.8) is 0 Å². The highest BCUT2D eigenvalue weighted by Gasteiger charge is 2.46. The first-order chi connectivity index (χ1) is 13.4. The minimum atomic E-state index is -4.34. The molecule has 148 valence electrons. The van der Waals surface area contributed by atoms with E-state index in [9.17, 15) is 18.0 Å². The minimum Gasteiger partial charge on any atom is -0.497 e. The lowest BCUT2D eigenvalue weighted by Gasteiger charge is -2.19. The molecule has 2 saturated carbocycles. The molecule has 3 nitrogen and oxygen atoms in total. The molecule has 1 N–H and O–H groups in total. The molecule has 3 atom stereocenters. The second kappa shape index (κ2) is 7.15. The van der Waals surface area contributed by atoms with Gasteiger partial charge in [-0.3, -0.25) is 4.79 Å². The van der Waals surface area contributed by atoms with E-state index in [1.807, 2.05) is 24.3 Å². The summed E-state index contributed by atoms with van der Waals surface area (Å²) in [4.78, 5) is 12.7. The van der Waals surface area contributed by atoms with Crippen LogP contribution in [0.25, 0.3) is 0 Å². The lowest BCUT2D eigenvalue weighted by molar-refractivity contribution is -0.137. The number of amides is 1. The molecule has 0 saturated heterocycles. The molecule has 0 aromatic heterocycles. The van der Waals surface area contributed by atoms with Gasteiger partial charge in [0.1, 0.15) is 5.75 Å². The van der Waals surface area contributed by atoms with Gasteiger partial charge in [-0.05, 0) is 66.5 Å². The van der Waals surface area contributed by atoms with Crippen molar-refractivity contribution in [2.45, 2.75) is 37.4 Å². The molecule has 2 aliphatic rings. The van der Waals surface area contributed by atoms with Gasteiger partial charge in [0, 0.05) is 5.92 Å². The topological polar surface area (TPSA) is 38.3 Å². The van der Waals surface area contributed by atoms with Crippen LogP contribution in [0.3, 0.4) is 0 Å². The Hall–Kier alpha value is -2.50. The standard InChI is InChI=1S/C22H22F3NO2/c1-28-17-10-6-15(7-11-17)20(14-2-3-14)26-21(27)19-12-18(19)13-4-8-16(9-5-13)22(23,24)25/h4-11,14,18-20H,2-3,12H2,1H3,(H,26,27). The number of ether oxygens (including phenoxy) is 1. The Labute approximate surface area is 161 Å². The van der Waals surface area contributed by atoms with Crippen molar-refractivity contribution in [2.24, 2.45) is 11.8 Å². The van der Waals surface area contributed by atoms with Gasteiger partial charge < -0.3 is 10.1 Å². The molecule has 0 radical (unpaired) electrons. The summed E-state index contributed by atoms with van der Waals surface area (Å²) in [7, 11) is 1.61. The molecule has 0 bridgehead atoms. The predicted molar refractivity (Wildman–Crippen MR) is 98.9 cm³/mol. The van der Waals surface area contributed by atoms with E-state index < -0.39 is 11.7 Å². The van der Waals surface area contributed by atoms with Gasteiger partial charge in [0.25, 0.3) is 0 Å². The third-order valence-electron chi connectivity index (χ3n) is 5.66. The van der Waals surface area contributed by atoms with Gasteiger partial charge in [0.2, 0.25) is 5.91 Å². The number of hydrogen-bond acceptors (Lipinski definition) is 2. The number of benzene rings is 2. The second-order valence-electron chi connectivity index (χ2n) is 7.67. The molecule has 2 aliphatic carbocycles. The Morgan fingerprint density at radius 2 is 1.71 bits per heavy atom. The molecule has 3 unspecified atom stereocenters. The highest BCUT2D eigenvalue weighted by atomic mass is 19.4. The van der Waals surface area contributed by atoms with Crippen molar-refractivity contribution in [1.29, 1.82) is 0 Å². The summed E-state index contributed by atoms with van der Waals surface area (Å²) in [6, 6.07) is 12.9. The summed E-state index contributed by atoms with van der Waals surface area (Å²) >= 11 is 0. The maximum Gasteiger partial charge on any atom is 0.416 e. The van der Waals surface area contributed by atoms with Crippen molar-refractivity contribution in [2.75, 3.05) is 7.11 Å². The van der Waals surface area contributed by atoms with Gasteiger partial charge in [-0.1, -0.05) is 24.3 Å². The zero-order valence-corrected chi connectivity index (χ0v) is 15.5. The number of carbonyl (C=O) groups excluding carboxylic acids is 1. The molecule has 2 fully saturated rings. The highest BCUT2D eigenvalue weighted by molar-refractivity contribution is 5.83. The van der Waals surface area contributed by atoms with E-state index in [1.54, 1.807) is 7.11 Å². The van der Waals surface area contributed by atoms with E-state index in [0.717, 1.165) is 41.9 Å². The van der Waals surface area contributed by atoms with Gasteiger partial charge >= 0.3 is 6.18 Å². The number of methoxy groups -OCH3 is 1. The molecule has 4 rings (SSSR count). The van der Waals surface area contributed by atoms with E-state index in [2.05, 4.69) is 5.32 Å². The Morgan fingerprint density at radius 1 is 1.07 bits per heavy atom. The van der Waals surface area contributed by atoms with E-state index in [0.29, 0.717) is 12.3 Å². The zero-order valence-electron chi connectivity index (χ0n) is 15.5. The number of carbonyl (C=O) groups is 1. The minimum absolute atomic E-state index is 0.00185. The summed E-state index contributed by atoms with van der Waals surface area (Å²) in [5.74, 6) is 1.03. The van der Waals surface area contributed by atoms with Crippen LogP contribution in [0, 0.1) is 11.8 Å². The maximum atomic E-state index is 12.7. The first-order valence-electron chi connectivity index (χ1n) is 9.48. The number of hydrogen-bond donors (Lipinski definition) is 1. The Balaban J connectivity index is 1.40. The van der Waals surface area contributed by atoms with E-state index in [1.165, 1.54) is 12.1 Å². The van der Waals surface area contributed by atoms with Crippen LogP contribution in [0.1, 0.15) is 47.9 Å². The molecule has 2 aromatic carbocycles. The quantitative estimate of drug-likeness (QED) is 0.748. The third-order valence-corrected chi connectivity index (χ3v) is 5.66. The fourth-order valence-electron chi connectivity index (χ4n) is 3.75. The lowest BCUT2D eigenvalue weighted by atomic mass is 10.0. The molecule has 2 aromatic rings. The van der Waals surface area contributed by atoms with Gasteiger partial charge in [-0.15, -0.1) is 0 Å². The van der Waals surface area contributed by atoms with Gasteiger partial charge in [0.05, 0.1) is 18.7 Å². The molecule has 1 amide bonds. The summed E-state index contributed by atoms with van der Waals surface area (Å²) in [5.41, 5.74) is 1.19. The van der Waals surface area contributed by atoms with Crippen LogP contribution in [0.15, 0.2) is 48.5 Å². The van der Waals surface area contributed by atoms with Crippen LogP contribution in [0.5, 0.6) is 5.75 Å². The Bertz CT molecular complexity index is 842. The smallest absolute Gasteiger partial charge is 0.416 e. The SMILES string of the molecule is COc1ccc(C(NC(=O)C2CC2c2ccc(C(F)(F)F)cc2)C2CC2)cc1. The summed E-state index contributed by atoms with van der Waals surface area (Å²) in [5, 5.41) is 3.17. The Kier molecular flexibility index (Phi) is 4.81. The van der Waals surface area contributed by atoms with E-state index >= 15 is 0 Å². The molecule has 0 spiro atoms. The van der Waals surface area contributed by atoms with Gasteiger partial charge in [-0.25, -0.2) is 0 Å². The average Bonchev–Trinajstić information content (AvgIpc) is 3.59. The number of rotatable bonds is 6. The molecular weight excluding hydrogens is 367 g/mol. The van der Waals surface area contributed by atoms with Crippen LogP contribution < -0.4 is 10.1 Å². The molecular formula is C22H22F3NO2. The summed E-state index contributed by atoms with van der Waals surface area (Å²) in [6.45, 7) is 0. The number of alkyl halides is 3. The largest absolute Gasteiger partial charge is 0.497 e. The van der Waals surface area contributed by atoms with Crippen LogP contribution in [0.2, 0.25) is 0 Å². The van der Waals surface area contributed by atoms with Crippen LogP contribution >= 0.6 is 0 Å². The lowest BCUT2D eigenvalue weighted by Crippen LogP contribution is -2.31. The second-order valence-corrected chi connectivity index (χ2v) is 7.67. The van der Waals surface area contributed by atoms with Crippen molar-refractivity contribution < 1.29 is 22.7 Å². The highest BCUT2D eigenvalue weighted by Crippen LogP contribution is 2.49. The van der Waals surface area contributed by atoms with Gasteiger partial charge in [0.15, 0.2) is 0 Å². The molecule has 0 aliphatic heterocycles. The van der Waals surface area contributed by atoms with E-state index in [4.69, 9.17) is 4.74 Å². The molecule has 28 heavy (non-hydrogen) atoms. The molecule has 6 heteroatoms. The zero-order chi connectivity index (χ0) is 19.9. The normalized spacial score (nSPS) is 22.4. The number of halogens is 3. The molecule has 0 heterocycles. The van der Waals surface area contributed by atoms with Crippen LogP contribution in [-0.2, 0) is 11.0 Å². The summed E-state index contributed by atoms with van der Waals surface area (Å²) in [6.07, 6.45) is -1.49. The van der Waals surface area contributed by atoms with E-state index in [-0.39, 0.29) is 23.8 Å². The monoisotopic (exact) mass is 389 g/mol. The fourth-order valence-corrected chi connectivity index (χ4v) is 3.75. The third kappa shape index (κ3) is 4.01. The van der Waals surface area contributed by atoms with Crippen LogP contribution in [-0.4, -0.2) is 13.0 Å². The first kappa shape index (κ1) is 18.8. The van der Waals surface area contributed by atoms with Crippen molar-refractivity contribution >= 4 is 5.91 Å². The maximum absolute atomic E-state index is 12.7. The number of nitrogens with one attached hydrogen (secondary N) is 1. The predicted octanol–water partition coefficient (Wildman–Crippen LogP) is 5.09. The Morgan fingerprint density at radius 3 is 2.25 bits per heavy atom. The van der Waals surface area contributed by atoms with Gasteiger partial charge in [-0.2, -0.15) is 13.2 Å².